The molecule has 2 fully saturated rings. The molecule has 1 aromatic rings. The largest absolute Gasteiger partial charge is 0.425 e. The van der Waals surface area contributed by atoms with Crippen LogP contribution in [0.4, 0.5) is 0 Å². The van der Waals surface area contributed by atoms with E-state index in [1.807, 2.05) is 6.07 Å². The summed E-state index contributed by atoms with van der Waals surface area (Å²) >= 11 is 0. The zero-order valence-corrected chi connectivity index (χ0v) is 13.9. The predicted molar refractivity (Wildman–Crippen MR) is 86.6 cm³/mol. The fraction of sp³-hybridized carbons (Fsp3) is 0.647. The van der Waals surface area contributed by atoms with Gasteiger partial charge in [-0.15, -0.1) is 0 Å². The highest BCUT2D eigenvalue weighted by Crippen LogP contribution is 2.54. The fourth-order valence-electron chi connectivity index (χ4n) is 5.16. The highest BCUT2D eigenvalue weighted by atomic mass is 31.2. The van der Waals surface area contributed by atoms with Crippen molar-refractivity contribution in [2.24, 2.45) is 5.92 Å². The minimum atomic E-state index is -3.50. The topological polar surface area (TPSA) is 58.6 Å². The maximum absolute atomic E-state index is 11.6. The molecule has 4 rings (SSSR count). The van der Waals surface area contributed by atoms with Gasteiger partial charge in [0.1, 0.15) is 5.75 Å². The molecular formula is C17H24NO3P. The monoisotopic (exact) mass is 321 g/mol. The Morgan fingerprint density at radius 2 is 2.23 bits per heavy atom. The lowest BCUT2D eigenvalue weighted by Crippen LogP contribution is -2.59. The fourth-order valence-corrected chi connectivity index (χ4v) is 5.66. The van der Waals surface area contributed by atoms with Crippen LogP contribution in [0, 0.1) is 5.92 Å². The predicted octanol–water partition coefficient (Wildman–Crippen LogP) is 3.23. The van der Waals surface area contributed by atoms with Gasteiger partial charge in [-0.1, -0.05) is 18.9 Å². The molecule has 4 nitrogen and oxygen atoms in total. The van der Waals surface area contributed by atoms with Gasteiger partial charge in [-0.2, -0.15) is 0 Å². The minimum absolute atomic E-state index is 0.258. The van der Waals surface area contributed by atoms with E-state index in [0.29, 0.717) is 17.7 Å². The molecule has 1 saturated heterocycles. The Hall–Kier alpha value is -0.830. The first-order chi connectivity index (χ1) is 10.5. The Morgan fingerprint density at radius 3 is 3.05 bits per heavy atom. The summed E-state index contributed by atoms with van der Waals surface area (Å²) in [5.41, 5.74) is 3.04. The van der Waals surface area contributed by atoms with E-state index in [1.54, 1.807) is 0 Å². The van der Waals surface area contributed by atoms with Gasteiger partial charge in [0.05, 0.1) is 0 Å². The Morgan fingerprint density at radius 1 is 1.36 bits per heavy atom. The highest BCUT2D eigenvalue weighted by Gasteiger charge is 2.51. The molecule has 0 spiro atoms. The number of hydrogen-bond acceptors (Lipinski definition) is 3. The third-order valence-corrected chi connectivity index (χ3v) is 6.44. The number of piperidine rings is 1. The van der Waals surface area contributed by atoms with E-state index in [-0.39, 0.29) is 5.41 Å². The Kier molecular flexibility index (Phi) is 3.41. The van der Waals surface area contributed by atoms with Gasteiger partial charge in [0.2, 0.25) is 0 Å². The van der Waals surface area contributed by atoms with Gasteiger partial charge in [0, 0.05) is 18.1 Å². The summed E-state index contributed by atoms with van der Waals surface area (Å²) < 4.78 is 16.8. The smallest absolute Gasteiger partial charge is 0.373 e. The van der Waals surface area contributed by atoms with E-state index in [1.165, 1.54) is 49.9 Å². The molecule has 22 heavy (non-hydrogen) atoms. The summed E-state index contributed by atoms with van der Waals surface area (Å²) in [4.78, 5) is 9.51. The molecule has 2 N–H and O–H groups in total. The van der Waals surface area contributed by atoms with Crippen molar-refractivity contribution in [1.82, 2.24) is 5.32 Å². The average molecular weight is 321 g/mol. The van der Waals surface area contributed by atoms with Gasteiger partial charge in [-0.05, 0) is 61.4 Å². The lowest BCUT2D eigenvalue weighted by molar-refractivity contribution is 0.0796. The number of rotatable bonds is 2. The van der Waals surface area contributed by atoms with Crippen LogP contribution < -0.4 is 9.84 Å². The molecule has 1 aliphatic heterocycles. The van der Waals surface area contributed by atoms with Crippen LogP contribution in [0.15, 0.2) is 18.2 Å². The molecule has 3 aliphatic rings. The second-order valence-corrected chi connectivity index (χ2v) is 9.02. The molecule has 1 heterocycles. The van der Waals surface area contributed by atoms with Gasteiger partial charge in [-0.3, -0.25) is 0 Å². The summed E-state index contributed by atoms with van der Waals surface area (Å²) in [7, 11) is -3.50. The van der Waals surface area contributed by atoms with Crippen molar-refractivity contribution in [2.45, 2.75) is 50.0 Å². The van der Waals surface area contributed by atoms with Gasteiger partial charge in [0.25, 0.3) is 0 Å². The maximum Gasteiger partial charge on any atom is 0.373 e. The maximum atomic E-state index is 11.6. The zero-order valence-electron chi connectivity index (χ0n) is 13.0. The number of hydrogen-bond donors (Lipinski definition) is 2. The Balaban J connectivity index is 1.80. The van der Waals surface area contributed by atoms with Crippen LogP contribution in [0.3, 0.4) is 0 Å². The molecular weight excluding hydrogens is 297 g/mol. The lowest BCUT2D eigenvalue weighted by Gasteiger charge is -2.56. The third kappa shape index (κ3) is 2.33. The number of nitrogens with one attached hydrogen (secondary N) is 1. The van der Waals surface area contributed by atoms with E-state index in [2.05, 4.69) is 17.4 Å². The van der Waals surface area contributed by atoms with Crippen LogP contribution in [0.2, 0.25) is 0 Å². The number of benzene rings is 1. The van der Waals surface area contributed by atoms with E-state index >= 15 is 0 Å². The van der Waals surface area contributed by atoms with Gasteiger partial charge < -0.3 is 14.7 Å². The van der Waals surface area contributed by atoms with E-state index in [9.17, 15) is 9.46 Å². The van der Waals surface area contributed by atoms with Crippen LogP contribution >= 0.6 is 7.60 Å². The summed E-state index contributed by atoms with van der Waals surface area (Å²) in [6.07, 6.45) is 7.42. The quantitative estimate of drug-likeness (QED) is 0.821. The number of fused-ring (bicyclic) bond motifs is 1. The van der Waals surface area contributed by atoms with Crippen molar-refractivity contribution >= 4 is 7.60 Å². The van der Waals surface area contributed by atoms with Crippen molar-refractivity contribution in [1.29, 1.82) is 0 Å². The van der Waals surface area contributed by atoms with E-state index in [4.69, 9.17) is 4.52 Å². The van der Waals surface area contributed by atoms with Crippen LogP contribution in [0.5, 0.6) is 5.75 Å². The highest BCUT2D eigenvalue weighted by molar-refractivity contribution is 7.52. The van der Waals surface area contributed by atoms with Gasteiger partial charge in [-0.25, -0.2) is 4.57 Å². The van der Waals surface area contributed by atoms with Crippen LogP contribution in [0.1, 0.15) is 43.2 Å². The normalized spacial score (nSPS) is 35.9. The third-order valence-electron chi connectivity index (χ3n) is 5.89. The van der Waals surface area contributed by atoms with Crippen molar-refractivity contribution in [3.63, 3.8) is 0 Å². The molecule has 2 aliphatic carbocycles. The second kappa shape index (κ2) is 5.09. The SMILES string of the molecule is CP(=O)(O)Oc1ccc2c(c1)C13CCCCC1C(C2)NCC3. The molecule has 2 bridgehead atoms. The first-order valence-electron chi connectivity index (χ1n) is 8.35. The molecule has 1 aromatic carbocycles. The molecule has 0 amide bonds. The van der Waals surface area contributed by atoms with Crippen molar-refractivity contribution in [2.75, 3.05) is 13.2 Å². The summed E-state index contributed by atoms with van der Waals surface area (Å²) in [5.74, 6) is 1.25. The molecule has 5 heteroatoms. The van der Waals surface area contributed by atoms with Gasteiger partial charge >= 0.3 is 7.60 Å². The summed E-state index contributed by atoms with van der Waals surface area (Å²) in [6.45, 7) is 2.33. The molecule has 1 saturated carbocycles. The zero-order chi connectivity index (χ0) is 15.4. The molecule has 0 aromatic heterocycles. The van der Waals surface area contributed by atoms with Crippen LogP contribution in [0.25, 0.3) is 0 Å². The van der Waals surface area contributed by atoms with Crippen molar-refractivity contribution in [3.8, 4) is 5.75 Å². The van der Waals surface area contributed by atoms with E-state index in [0.717, 1.165) is 13.0 Å². The Bertz CT molecular complexity index is 637. The molecule has 4 atom stereocenters. The summed E-state index contributed by atoms with van der Waals surface area (Å²) in [6, 6.07) is 6.61. The first-order valence-corrected chi connectivity index (χ1v) is 10.4. The molecule has 4 unspecified atom stereocenters. The van der Waals surface area contributed by atoms with Crippen LogP contribution in [-0.2, 0) is 16.4 Å². The summed E-state index contributed by atoms with van der Waals surface area (Å²) in [5, 5.41) is 3.72. The molecule has 0 radical (unpaired) electrons. The Labute approximate surface area is 131 Å². The van der Waals surface area contributed by atoms with Gasteiger partial charge in [0.15, 0.2) is 0 Å². The lowest BCUT2D eigenvalue weighted by atomic mass is 9.53. The first kappa shape index (κ1) is 14.7. The van der Waals surface area contributed by atoms with E-state index < -0.39 is 7.60 Å². The average Bonchev–Trinajstić information content (AvgIpc) is 2.46. The minimum Gasteiger partial charge on any atom is -0.425 e. The molecule has 120 valence electrons. The van der Waals surface area contributed by atoms with Crippen molar-refractivity contribution < 1.29 is 14.0 Å². The standard InChI is InChI=1S/C17H24NO3P/c1-22(19,20)21-13-6-5-12-10-16-14-4-2-3-7-17(14,8-9-18-16)15(12)11-13/h5-6,11,14,16,18H,2-4,7-10H2,1H3,(H,19,20). The second-order valence-electron chi connectivity index (χ2n) is 7.24. The van der Waals surface area contributed by atoms with Crippen molar-refractivity contribution in [3.05, 3.63) is 29.3 Å². The van der Waals surface area contributed by atoms with Crippen LogP contribution in [-0.4, -0.2) is 24.1 Å².